The molecule has 0 radical (unpaired) electrons. The van der Waals surface area contributed by atoms with Gasteiger partial charge in [-0.3, -0.25) is 4.79 Å². The van der Waals surface area contributed by atoms with Gasteiger partial charge in [0.25, 0.3) is 6.47 Å². The van der Waals surface area contributed by atoms with Crippen molar-refractivity contribution in [2.45, 2.75) is 38.5 Å². The third kappa shape index (κ3) is 2.84. The van der Waals surface area contributed by atoms with Crippen molar-refractivity contribution in [3.8, 4) is 0 Å². The molecular formula is C10H18O2. The number of carbonyl (C=O) groups excluding carboxylic acids is 1. The quantitative estimate of drug-likeness (QED) is 0.565. The molecule has 3 saturated carbocycles. The summed E-state index contributed by atoms with van der Waals surface area (Å²) in [5.41, 5.74) is 0. The lowest BCUT2D eigenvalue weighted by Crippen LogP contribution is -2.21. The van der Waals surface area contributed by atoms with Gasteiger partial charge in [-0.2, -0.15) is 0 Å². The fourth-order valence-corrected chi connectivity index (χ4v) is 2.28. The van der Waals surface area contributed by atoms with Crippen LogP contribution in [0.3, 0.4) is 0 Å². The predicted molar refractivity (Wildman–Crippen MR) is 47.8 cm³/mol. The molecule has 2 nitrogen and oxygen atoms in total. The second-order valence-electron chi connectivity index (χ2n) is 3.80. The highest BCUT2D eigenvalue weighted by Crippen LogP contribution is 2.40. The molecule has 3 rings (SSSR count). The Hall–Kier alpha value is -0.530. The number of hydrogen-bond acceptors (Lipinski definition) is 2. The number of ether oxygens (including phenoxy) is 1. The zero-order chi connectivity index (χ0) is 8.81. The van der Waals surface area contributed by atoms with Crippen LogP contribution in [0, 0.1) is 11.8 Å². The van der Waals surface area contributed by atoms with Gasteiger partial charge in [0.1, 0.15) is 0 Å². The Morgan fingerprint density at radius 3 is 1.33 bits per heavy atom. The molecule has 3 aliphatic carbocycles. The van der Waals surface area contributed by atoms with Crippen LogP contribution in [0.1, 0.15) is 38.5 Å². The Bertz CT molecular complexity index is 103. The first kappa shape index (κ1) is 9.56. The molecule has 0 aromatic carbocycles. The molecule has 0 aliphatic heterocycles. The maximum Gasteiger partial charge on any atom is 0.292 e. The van der Waals surface area contributed by atoms with E-state index in [9.17, 15) is 0 Å². The van der Waals surface area contributed by atoms with Crippen LogP contribution >= 0.6 is 0 Å². The Labute approximate surface area is 74.3 Å². The first-order valence-electron chi connectivity index (χ1n) is 4.83. The molecule has 3 aliphatic rings. The Balaban J connectivity index is 0.000000157. The summed E-state index contributed by atoms with van der Waals surface area (Å²) >= 11 is 0. The molecule has 70 valence electrons. The second kappa shape index (κ2) is 5.18. The summed E-state index contributed by atoms with van der Waals surface area (Å²) in [7, 11) is 1.31. The van der Waals surface area contributed by atoms with Crippen molar-refractivity contribution in [1.82, 2.24) is 0 Å². The number of carbonyl (C=O) groups is 1. The maximum atomic E-state index is 8.95. The van der Waals surface area contributed by atoms with Crippen molar-refractivity contribution in [2.24, 2.45) is 11.8 Å². The number of fused-ring (bicyclic) bond motifs is 3. The van der Waals surface area contributed by atoms with E-state index in [1.165, 1.54) is 7.11 Å². The molecular weight excluding hydrogens is 152 g/mol. The van der Waals surface area contributed by atoms with Gasteiger partial charge in [-0.05, 0) is 11.8 Å². The Morgan fingerprint density at radius 2 is 1.25 bits per heavy atom. The summed E-state index contributed by atoms with van der Waals surface area (Å²) in [6.07, 6.45) is 9.36. The molecule has 3 fully saturated rings. The van der Waals surface area contributed by atoms with Gasteiger partial charge in [-0.15, -0.1) is 0 Å². The van der Waals surface area contributed by atoms with Crippen molar-refractivity contribution >= 4 is 6.47 Å². The lowest BCUT2D eigenvalue weighted by Gasteiger charge is -2.35. The molecule has 0 spiro atoms. The highest BCUT2D eigenvalue weighted by atomic mass is 16.5. The van der Waals surface area contributed by atoms with Crippen LogP contribution in [-0.4, -0.2) is 13.6 Å². The lowest BCUT2D eigenvalue weighted by atomic mass is 9.71. The van der Waals surface area contributed by atoms with E-state index >= 15 is 0 Å². The summed E-state index contributed by atoms with van der Waals surface area (Å²) in [5.74, 6) is 2.31. The van der Waals surface area contributed by atoms with Crippen molar-refractivity contribution in [2.75, 3.05) is 7.11 Å². The Kier molecular flexibility index (Phi) is 4.12. The van der Waals surface area contributed by atoms with Gasteiger partial charge in [-0.1, -0.05) is 38.5 Å². The van der Waals surface area contributed by atoms with E-state index in [-0.39, 0.29) is 0 Å². The van der Waals surface area contributed by atoms with Gasteiger partial charge in [-0.25, -0.2) is 0 Å². The van der Waals surface area contributed by atoms with Gasteiger partial charge in [0.15, 0.2) is 0 Å². The molecule has 0 heterocycles. The van der Waals surface area contributed by atoms with Gasteiger partial charge in [0, 0.05) is 0 Å². The van der Waals surface area contributed by atoms with Crippen molar-refractivity contribution in [3.63, 3.8) is 0 Å². The monoisotopic (exact) mass is 170 g/mol. The van der Waals surface area contributed by atoms with Gasteiger partial charge >= 0.3 is 0 Å². The fourth-order valence-electron chi connectivity index (χ4n) is 2.28. The minimum Gasteiger partial charge on any atom is -0.471 e. The van der Waals surface area contributed by atoms with E-state index < -0.39 is 0 Å². The summed E-state index contributed by atoms with van der Waals surface area (Å²) in [5, 5.41) is 0. The minimum absolute atomic E-state index is 0.375. The molecule has 2 heteroatoms. The first-order chi connectivity index (χ1) is 5.86. The van der Waals surface area contributed by atoms with Crippen LogP contribution in [0.15, 0.2) is 0 Å². The van der Waals surface area contributed by atoms with Crippen LogP contribution < -0.4 is 0 Å². The van der Waals surface area contributed by atoms with Crippen LogP contribution in [0.5, 0.6) is 0 Å². The topological polar surface area (TPSA) is 26.3 Å². The van der Waals surface area contributed by atoms with Gasteiger partial charge < -0.3 is 4.74 Å². The number of hydrogen-bond donors (Lipinski definition) is 0. The smallest absolute Gasteiger partial charge is 0.292 e. The van der Waals surface area contributed by atoms with E-state index in [0.717, 1.165) is 11.8 Å². The van der Waals surface area contributed by atoms with E-state index in [1.54, 1.807) is 38.5 Å². The van der Waals surface area contributed by atoms with Gasteiger partial charge in [0.2, 0.25) is 0 Å². The van der Waals surface area contributed by atoms with Crippen LogP contribution in [0.2, 0.25) is 0 Å². The van der Waals surface area contributed by atoms with Crippen LogP contribution in [0.25, 0.3) is 0 Å². The van der Waals surface area contributed by atoms with Crippen molar-refractivity contribution in [1.29, 1.82) is 0 Å². The summed E-state index contributed by atoms with van der Waals surface area (Å²) in [6.45, 7) is 0.375. The van der Waals surface area contributed by atoms with E-state index in [4.69, 9.17) is 4.79 Å². The third-order valence-electron chi connectivity index (χ3n) is 3.05. The predicted octanol–water partition coefficient (Wildman–Crippen LogP) is 2.38. The molecule has 12 heavy (non-hydrogen) atoms. The van der Waals surface area contributed by atoms with Crippen LogP contribution in [-0.2, 0) is 9.53 Å². The summed E-state index contributed by atoms with van der Waals surface area (Å²) in [4.78, 5) is 8.95. The van der Waals surface area contributed by atoms with Crippen molar-refractivity contribution < 1.29 is 9.53 Å². The number of rotatable bonds is 1. The summed E-state index contributed by atoms with van der Waals surface area (Å²) in [6, 6.07) is 0. The molecule has 2 bridgehead atoms. The fraction of sp³-hybridized carbons (Fsp3) is 0.900. The van der Waals surface area contributed by atoms with E-state index in [1.807, 2.05) is 0 Å². The largest absolute Gasteiger partial charge is 0.471 e. The molecule has 0 saturated heterocycles. The number of methoxy groups -OCH3 is 1. The highest BCUT2D eigenvalue weighted by Gasteiger charge is 2.26. The second-order valence-corrected chi connectivity index (χ2v) is 3.80. The summed E-state index contributed by atoms with van der Waals surface area (Å²) < 4.78 is 3.86. The SMILES string of the molecule is C1CC2CCC1CC2.COC=O. The maximum absolute atomic E-state index is 8.95. The molecule has 0 atom stereocenters. The molecule has 0 amide bonds. The standard InChI is InChI=1S/C8H14.C2H4O2/c1-2-8-5-3-7(1)4-6-8;1-4-2-3/h7-8H,1-6H2;2H,1H3. The van der Waals surface area contributed by atoms with Crippen molar-refractivity contribution in [3.05, 3.63) is 0 Å². The zero-order valence-electron chi connectivity index (χ0n) is 7.79. The zero-order valence-corrected chi connectivity index (χ0v) is 7.79. The molecule has 0 N–H and O–H groups in total. The minimum atomic E-state index is 0.375. The Morgan fingerprint density at radius 1 is 1.00 bits per heavy atom. The average molecular weight is 170 g/mol. The molecule has 0 aromatic heterocycles. The third-order valence-corrected chi connectivity index (χ3v) is 3.05. The van der Waals surface area contributed by atoms with E-state index in [0.29, 0.717) is 6.47 Å². The first-order valence-corrected chi connectivity index (χ1v) is 4.83. The average Bonchev–Trinajstić information content (AvgIpc) is 2.21. The molecule has 0 unspecified atom stereocenters. The molecule has 0 aromatic rings. The lowest BCUT2D eigenvalue weighted by molar-refractivity contribution is -0.126. The normalized spacial score (nSPS) is 31.8. The van der Waals surface area contributed by atoms with E-state index in [2.05, 4.69) is 4.74 Å². The van der Waals surface area contributed by atoms with Gasteiger partial charge in [0.05, 0.1) is 7.11 Å². The highest BCUT2D eigenvalue weighted by molar-refractivity contribution is 5.36. The van der Waals surface area contributed by atoms with Crippen LogP contribution in [0.4, 0.5) is 0 Å².